The van der Waals surface area contributed by atoms with E-state index < -0.39 is 9.84 Å². The average Bonchev–Trinajstić information content (AvgIpc) is 2.97. The van der Waals surface area contributed by atoms with Crippen molar-refractivity contribution < 1.29 is 8.42 Å². The first-order valence-corrected chi connectivity index (χ1v) is 8.88. The van der Waals surface area contributed by atoms with E-state index in [0.717, 1.165) is 30.4 Å². The highest BCUT2D eigenvalue weighted by Gasteiger charge is 2.18. The zero-order valence-corrected chi connectivity index (χ0v) is 12.7. The summed E-state index contributed by atoms with van der Waals surface area (Å²) in [6.07, 6.45) is 8.12. The van der Waals surface area contributed by atoms with Crippen molar-refractivity contribution in [3.8, 4) is 0 Å². The summed E-state index contributed by atoms with van der Waals surface area (Å²) in [5.74, 6) is 0. The van der Waals surface area contributed by atoms with Gasteiger partial charge in [0.1, 0.15) is 0 Å². The SMILES string of the molecule is CS(=O)(=O)c1ccc(C2=C(c3cccnc3)CCC2)cc1. The summed E-state index contributed by atoms with van der Waals surface area (Å²) in [7, 11) is -3.13. The summed E-state index contributed by atoms with van der Waals surface area (Å²) in [5.41, 5.74) is 4.91. The van der Waals surface area contributed by atoms with E-state index in [1.54, 1.807) is 18.3 Å². The molecule has 21 heavy (non-hydrogen) atoms. The summed E-state index contributed by atoms with van der Waals surface area (Å²) < 4.78 is 23.1. The topological polar surface area (TPSA) is 47.0 Å². The van der Waals surface area contributed by atoms with Crippen molar-refractivity contribution in [3.63, 3.8) is 0 Å². The number of nitrogens with zero attached hydrogens (tertiary/aromatic N) is 1. The van der Waals surface area contributed by atoms with Gasteiger partial charge in [-0.2, -0.15) is 0 Å². The van der Waals surface area contributed by atoms with Crippen LogP contribution in [-0.4, -0.2) is 19.7 Å². The number of benzene rings is 1. The zero-order chi connectivity index (χ0) is 14.9. The van der Waals surface area contributed by atoms with E-state index in [2.05, 4.69) is 11.1 Å². The predicted molar refractivity (Wildman–Crippen MR) is 84.5 cm³/mol. The molecule has 0 fully saturated rings. The molecule has 1 aromatic carbocycles. The Kier molecular flexibility index (Phi) is 3.64. The van der Waals surface area contributed by atoms with Gasteiger partial charge in [0.15, 0.2) is 9.84 Å². The molecule has 0 aliphatic heterocycles. The van der Waals surface area contributed by atoms with Crippen LogP contribution in [0.1, 0.15) is 30.4 Å². The molecule has 1 heterocycles. The molecule has 3 nitrogen and oxygen atoms in total. The van der Waals surface area contributed by atoms with Crippen LogP contribution in [0.25, 0.3) is 11.1 Å². The lowest BCUT2D eigenvalue weighted by Crippen LogP contribution is -1.97. The minimum Gasteiger partial charge on any atom is -0.264 e. The van der Waals surface area contributed by atoms with Gasteiger partial charge in [-0.1, -0.05) is 18.2 Å². The minimum absolute atomic E-state index is 0.368. The smallest absolute Gasteiger partial charge is 0.175 e. The fourth-order valence-corrected chi connectivity index (χ4v) is 3.46. The Bertz CT molecular complexity index is 775. The molecule has 0 saturated carbocycles. The lowest BCUT2D eigenvalue weighted by atomic mass is 9.98. The molecule has 1 aromatic heterocycles. The fourth-order valence-electron chi connectivity index (χ4n) is 2.83. The van der Waals surface area contributed by atoms with Crippen LogP contribution in [0.15, 0.2) is 53.7 Å². The molecule has 0 saturated heterocycles. The molecule has 1 aliphatic rings. The molecular weight excluding hydrogens is 282 g/mol. The van der Waals surface area contributed by atoms with Crippen LogP contribution in [0.4, 0.5) is 0 Å². The quantitative estimate of drug-likeness (QED) is 0.870. The summed E-state index contributed by atoms with van der Waals surface area (Å²) in [5, 5.41) is 0. The van der Waals surface area contributed by atoms with Crippen molar-refractivity contribution in [2.24, 2.45) is 0 Å². The van der Waals surface area contributed by atoms with E-state index in [1.165, 1.54) is 17.4 Å². The lowest BCUT2D eigenvalue weighted by molar-refractivity contribution is 0.602. The molecule has 0 radical (unpaired) electrons. The Hall–Kier alpha value is -1.94. The number of aromatic nitrogens is 1. The maximum atomic E-state index is 11.5. The van der Waals surface area contributed by atoms with Crippen LogP contribution < -0.4 is 0 Å². The van der Waals surface area contributed by atoms with Crippen molar-refractivity contribution in [1.29, 1.82) is 0 Å². The van der Waals surface area contributed by atoms with Gasteiger partial charge in [-0.05, 0) is 59.7 Å². The Labute approximate surface area is 125 Å². The van der Waals surface area contributed by atoms with Crippen molar-refractivity contribution in [3.05, 3.63) is 59.9 Å². The Morgan fingerprint density at radius 3 is 2.19 bits per heavy atom. The molecule has 108 valence electrons. The van der Waals surface area contributed by atoms with E-state index in [-0.39, 0.29) is 0 Å². The molecule has 1 aliphatic carbocycles. The number of hydrogen-bond acceptors (Lipinski definition) is 3. The van der Waals surface area contributed by atoms with Gasteiger partial charge < -0.3 is 0 Å². The van der Waals surface area contributed by atoms with Crippen LogP contribution >= 0.6 is 0 Å². The standard InChI is InChI=1S/C17H17NO2S/c1-21(19,20)15-9-7-13(8-10-15)16-5-2-6-17(16)14-4-3-11-18-12-14/h3-4,7-12H,2,5-6H2,1H3. The summed E-state index contributed by atoms with van der Waals surface area (Å²) >= 11 is 0. The second-order valence-electron chi connectivity index (χ2n) is 5.35. The molecule has 0 bridgehead atoms. The van der Waals surface area contributed by atoms with E-state index in [9.17, 15) is 8.42 Å². The first-order valence-electron chi connectivity index (χ1n) is 6.98. The van der Waals surface area contributed by atoms with Crippen LogP contribution in [0.3, 0.4) is 0 Å². The summed E-state index contributed by atoms with van der Waals surface area (Å²) in [6, 6.07) is 11.2. The van der Waals surface area contributed by atoms with E-state index >= 15 is 0 Å². The number of sulfone groups is 1. The van der Waals surface area contributed by atoms with Gasteiger partial charge in [-0.15, -0.1) is 0 Å². The molecule has 0 unspecified atom stereocenters. The Balaban J connectivity index is 2.03. The summed E-state index contributed by atoms with van der Waals surface area (Å²) in [4.78, 5) is 4.56. The van der Waals surface area contributed by atoms with Gasteiger partial charge in [0.25, 0.3) is 0 Å². The highest BCUT2D eigenvalue weighted by Crippen LogP contribution is 2.39. The second-order valence-corrected chi connectivity index (χ2v) is 7.36. The number of hydrogen-bond donors (Lipinski definition) is 0. The van der Waals surface area contributed by atoms with Crippen LogP contribution in [-0.2, 0) is 9.84 Å². The van der Waals surface area contributed by atoms with Gasteiger partial charge in [0.05, 0.1) is 4.90 Å². The maximum Gasteiger partial charge on any atom is 0.175 e. The Morgan fingerprint density at radius 2 is 1.62 bits per heavy atom. The van der Waals surface area contributed by atoms with Crippen LogP contribution in [0.5, 0.6) is 0 Å². The number of allylic oxidation sites excluding steroid dienone is 2. The largest absolute Gasteiger partial charge is 0.264 e. The zero-order valence-electron chi connectivity index (χ0n) is 11.9. The highest BCUT2D eigenvalue weighted by molar-refractivity contribution is 7.90. The van der Waals surface area contributed by atoms with Gasteiger partial charge >= 0.3 is 0 Å². The maximum absolute atomic E-state index is 11.5. The van der Waals surface area contributed by atoms with E-state index in [1.807, 2.05) is 24.4 Å². The molecular formula is C17H17NO2S. The van der Waals surface area contributed by atoms with Crippen molar-refractivity contribution >= 4 is 21.0 Å². The third-order valence-electron chi connectivity index (χ3n) is 3.86. The molecule has 4 heteroatoms. The third kappa shape index (κ3) is 2.90. The normalized spacial score (nSPS) is 15.5. The van der Waals surface area contributed by atoms with E-state index in [4.69, 9.17) is 0 Å². The minimum atomic E-state index is -3.13. The monoisotopic (exact) mass is 299 g/mol. The molecule has 0 spiro atoms. The molecule has 3 rings (SSSR count). The van der Waals surface area contributed by atoms with Crippen LogP contribution in [0, 0.1) is 0 Å². The third-order valence-corrected chi connectivity index (χ3v) is 4.99. The van der Waals surface area contributed by atoms with Gasteiger partial charge in [0, 0.05) is 18.6 Å². The van der Waals surface area contributed by atoms with Crippen molar-refractivity contribution in [2.45, 2.75) is 24.2 Å². The first-order chi connectivity index (χ1) is 10.1. The fraction of sp³-hybridized carbons (Fsp3) is 0.235. The lowest BCUT2D eigenvalue weighted by Gasteiger charge is -2.08. The molecule has 0 atom stereocenters. The van der Waals surface area contributed by atoms with Gasteiger partial charge in [0.2, 0.25) is 0 Å². The molecule has 0 N–H and O–H groups in total. The van der Waals surface area contributed by atoms with Crippen molar-refractivity contribution in [2.75, 3.05) is 6.26 Å². The Morgan fingerprint density at radius 1 is 0.952 bits per heavy atom. The predicted octanol–water partition coefficient (Wildman–Crippen LogP) is 3.58. The molecule has 2 aromatic rings. The van der Waals surface area contributed by atoms with E-state index in [0.29, 0.717) is 4.90 Å². The van der Waals surface area contributed by atoms with Crippen molar-refractivity contribution in [1.82, 2.24) is 4.98 Å². The first kappa shape index (κ1) is 14.0. The number of pyridine rings is 1. The van der Waals surface area contributed by atoms with Gasteiger partial charge in [-0.25, -0.2) is 8.42 Å². The average molecular weight is 299 g/mol. The molecule has 0 amide bonds. The van der Waals surface area contributed by atoms with Gasteiger partial charge in [-0.3, -0.25) is 4.98 Å². The summed E-state index contributed by atoms with van der Waals surface area (Å²) in [6.45, 7) is 0. The number of rotatable bonds is 3. The second kappa shape index (κ2) is 5.45. The highest BCUT2D eigenvalue weighted by atomic mass is 32.2. The van der Waals surface area contributed by atoms with Crippen LogP contribution in [0.2, 0.25) is 0 Å².